The van der Waals surface area contributed by atoms with Crippen molar-refractivity contribution >= 4 is 0 Å². The van der Waals surface area contributed by atoms with Gasteiger partial charge in [0.25, 0.3) is 0 Å². The summed E-state index contributed by atoms with van der Waals surface area (Å²) in [5.41, 5.74) is 0.614. The highest BCUT2D eigenvalue weighted by molar-refractivity contribution is 5.24. The molecule has 1 aromatic rings. The van der Waals surface area contributed by atoms with Crippen LogP contribution in [0.25, 0.3) is 0 Å². The van der Waals surface area contributed by atoms with Crippen molar-refractivity contribution in [1.82, 2.24) is 0 Å². The van der Waals surface area contributed by atoms with Crippen molar-refractivity contribution in [2.75, 3.05) is 0 Å². The fourth-order valence-electron chi connectivity index (χ4n) is 3.15. The lowest BCUT2D eigenvalue weighted by atomic mass is 9.68. The van der Waals surface area contributed by atoms with Crippen LogP contribution in [0.3, 0.4) is 0 Å². The third-order valence-corrected chi connectivity index (χ3v) is 4.36. The molecule has 1 aromatic carbocycles. The first-order valence-electron chi connectivity index (χ1n) is 7.83. The van der Waals surface area contributed by atoms with Gasteiger partial charge in [-0.2, -0.15) is 0 Å². The molecule has 0 N–H and O–H groups in total. The van der Waals surface area contributed by atoms with Gasteiger partial charge in [-0.3, -0.25) is 0 Å². The van der Waals surface area contributed by atoms with Gasteiger partial charge in [-0.25, -0.2) is 8.78 Å². The average molecular weight is 282 g/mol. The molecule has 0 amide bonds. The second-order valence-electron chi connectivity index (χ2n) is 6.55. The maximum atomic E-state index is 13.7. The van der Waals surface area contributed by atoms with Crippen molar-refractivity contribution < 1.29 is 8.78 Å². The summed E-state index contributed by atoms with van der Waals surface area (Å²) in [6.45, 7) is 10.8. The van der Waals surface area contributed by atoms with Gasteiger partial charge in [-0.1, -0.05) is 40.7 Å². The van der Waals surface area contributed by atoms with Crippen LogP contribution in [0.15, 0.2) is 18.2 Å². The third-order valence-electron chi connectivity index (χ3n) is 4.36. The molecule has 2 rings (SSSR count). The van der Waals surface area contributed by atoms with E-state index < -0.39 is 0 Å². The first-order valence-corrected chi connectivity index (χ1v) is 7.83. The van der Waals surface area contributed by atoms with E-state index in [0.29, 0.717) is 16.9 Å². The average Bonchev–Trinajstić information content (AvgIpc) is 2.40. The van der Waals surface area contributed by atoms with Crippen LogP contribution in [0.1, 0.15) is 71.8 Å². The summed E-state index contributed by atoms with van der Waals surface area (Å²) in [4.78, 5) is 0. The molecule has 0 atom stereocenters. The zero-order chi connectivity index (χ0) is 15.3. The van der Waals surface area contributed by atoms with Gasteiger partial charge in [0.2, 0.25) is 0 Å². The number of halogens is 2. The summed E-state index contributed by atoms with van der Waals surface area (Å²) in [6, 6.07) is 4.18. The summed E-state index contributed by atoms with van der Waals surface area (Å²) in [7, 11) is 0. The van der Waals surface area contributed by atoms with E-state index in [1.54, 1.807) is 0 Å². The molecule has 20 heavy (non-hydrogen) atoms. The lowest BCUT2D eigenvalue weighted by Gasteiger charge is -2.37. The maximum absolute atomic E-state index is 13.7. The topological polar surface area (TPSA) is 0 Å². The smallest absolute Gasteiger partial charge is 0.129 e. The van der Waals surface area contributed by atoms with Crippen LogP contribution in [0.4, 0.5) is 8.78 Å². The van der Waals surface area contributed by atoms with Gasteiger partial charge in [0.05, 0.1) is 0 Å². The van der Waals surface area contributed by atoms with Gasteiger partial charge in [-0.05, 0) is 55.1 Å². The van der Waals surface area contributed by atoms with Crippen LogP contribution in [0.5, 0.6) is 0 Å². The molecule has 0 unspecified atom stereocenters. The van der Waals surface area contributed by atoms with Crippen LogP contribution in [0.2, 0.25) is 0 Å². The van der Waals surface area contributed by atoms with Gasteiger partial charge < -0.3 is 0 Å². The SMILES string of the molecule is CC.CC(C)(C)C1CCC(c2c(F)cccc2F)CC1. The standard InChI is InChI=1S/C16H22F2.C2H6/c1-16(2,3)12-9-7-11(8-10-12)15-13(17)5-4-6-14(15)18;1-2/h4-6,11-12H,7-10H2,1-3H3;1-2H3. The second kappa shape index (κ2) is 7.19. The largest absolute Gasteiger partial charge is 0.207 e. The minimum Gasteiger partial charge on any atom is -0.207 e. The molecule has 1 fully saturated rings. The maximum Gasteiger partial charge on any atom is 0.129 e. The van der Waals surface area contributed by atoms with Crippen molar-refractivity contribution in [1.29, 1.82) is 0 Å². The van der Waals surface area contributed by atoms with E-state index in [4.69, 9.17) is 0 Å². The van der Waals surface area contributed by atoms with Crippen LogP contribution in [0, 0.1) is 23.0 Å². The number of benzene rings is 1. The van der Waals surface area contributed by atoms with E-state index in [-0.39, 0.29) is 17.6 Å². The Morgan fingerprint density at radius 1 is 0.900 bits per heavy atom. The lowest BCUT2D eigenvalue weighted by Crippen LogP contribution is -2.25. The summed E-state index contributed by atoms with van der Waals surface area (Å²) >= 11 is 0. The first-order chi connectivity index (χ1) is 9.39. The molecule has 1 aliphatic carbocycles. The van der Waals surface area contributed by atoms with Crippen molar-refractivity contribution in [3.05, 3.63) is 35.4 Å². The fraction of sp³-hybridized carbons (Fsp3) is 0.667. The predicted molar refractivity (Wildman–Crippen MR) is 81.9 cm³/mol. The van der Waals surface area contributed by atoms with Gasteiger partial charge in [0.15, 0.2) is 0 Å². The van der Waals surface area contributed by atoms with Crippen LogP contribution >= 0.6 is 0 Å². The molecule has 0 aliphatic heterocycles. The fourth-order valence-corrected chi connectivity index (χ4v) is 3.15. The van der Waals surface area contributed by atoms with E-state index in [1.807, 2.05) is 13.8 Å². The predicted octanol–water partition coefficient (Wildman–Crippen LogP) is 6.31. The van der Waals surface area contributed by atoms with Crippen molar-refractivity contribution in [2.24, 2.45) is 11.3 Å². The van der Waals surface area contributed by atoms with Crippen LogP contribution in [-0.4, -0.2) is 0 Å². The molecule has 2 heteroatoms. The van der Waals surface area contributed by atoms with Crippen molar-refractivity contribution in [3.63, 3.8) is 0 Å². The molecule has 1 saturated carbocycles. The lowest BCUT2D eigenvalue weighted by molar-refractivity contribution is 0.167. The minimum atomic E-state index is -0.380. The number of hydrogen-bond acceptors (Lipinski definition) is 0. The molecular weight excluding hydrogens is 254 g/mol. The molecule has 0 heterocycles. The van der Waals surface area contributed by atoms with Gasteiger partial charge in [0.1, 0.15) is 11.6 Å². The Balaban J connectivity index is 0.000000956. The molecule has 114 valence electrons. The summed E-state index contributed by atoms with van der Waals surface area (Å²) in [5, 5.41) is 0. The molecule has 0 saturated heterocycles. The summed E-state index contributed by atoms with van der Waals surface area (Å²) in [6.07, 6.45) is 3.95. The Hall–Kier alpha value is -0.920. The first kappa shape index (κ1) is 17.1. The highest BCUT2D eigenvalue weighted by Gasteiger charge is 2.32. The van der Waals surface area contributed by atoms with Crippen molar-refractivity contribution in [3.8, 4) is 0 Å². The van der Waals surface area contributed by atoms with E-state index in [2.05, 4.69) is 20.8 Å². The Labute approximate surface area is 122 Å². The Morgan fingerprint density at radius 2 is 1.35 bits per heavy atom. The summed E-state index contributed by atoms with van der Waals surface area (Å²) in [5.74, 6) is -0.0307. The Bertz CT molecular complexity index is 390. The second-order valence-corrected chi connectivity index (χ2v) is 6.55. The third kappa shape index (κ3) is 4.04. The van der Waals surface area contributed by atoms with Gasteiger partial charge >= 0.3 is 0 Å². The molecule has 0 nitrogen and oxygen atoms in total. The normalized spacial score (nSPS) is 22.9. The van der Waals surface area contributed by atoms with E-state index in [9.17, 15) is 8.78 Å². The highest BCUT2D eigenvalue weighted by Crippen LogP contribution is 2.44. The molecule has 0 spiro atoms. The molecule has 0 radical (unpaired) electrons. The molecule has 0 bridgehead atoms. The monoisotopic (exact) mass is 282 g/mol. The quantitative estimate of drug-likeness (QED) is 0.566. The van der Waals surface area contributed by atoms with Crippen LogP contribution < -0.4 is 0 Å². The van der Waals surface area contributed by atoms with Crippen molar-refractivity contribution in [2.45, 2.75) is 66.2 Å². The van der Waals surface area contributed by atoms with Gasteiger partial charge in [-0.15, -0.1) is 0 Å². The highest BCUT2D eigenvalue weighted by atomic mass is 19.1. The Kier molecular flexibility index (Phi) is 6.16. The van der Waals surface area contributed by atoms with E-state index in [0.717, 1.165) is 25.7 Å². The number of hydrogen-bond donors (Lipinski definition) is 0. The van der Waals surface area contributed by atoms with Crippen LogP contribution in [-0.2, 0) is 0 Å². The Morgan fingerprint density at radius 3 is 1.75 bits per heavy atom. The zero-order valence-electron chi connectivity index (χ0n) is 13.5. The number of rotatable bonds is 1. The van der Waals surface area contributed by atoms with Gasteiger partial charge in [0, 0.05) is 5.56 Å². The van der Waals surface area contributed by atoms with E-state index >= 15 is 0 Å². The minimum absolute atomic E-state index is 0.0600. The molecule has 1 aliphatic rings. The van der Waals surface area contributed by atoms with E-state index in [1.165, 1.54) is 18.2 Å². The summed E-state index contributed by atoms with van der Waals surface area (Å²) < 4.78 is 27.5. The molecule has 0 aromatic heterocycles. The molecular formula is C18H28F2. The zero-order valence-corrected chi connectivity index (χ0v) is 13.5.